The van der Waals surface area contributed by atoms with Crippen molar-refractivity contribution in [2.45, 2.75) is 27.2 Å². The topological polar surface area (TPSA) is 67.6 Å². The fourth-order valence-electron chi connectivity index (χ4n) is 2.96. The SMILES string of the molecule is CC1=CC=C(c2nc(-c3ncn[nH]3)c(Cc3ccc(C)cc3)o2)C=CC1C. The Bertz CT molecular complexity index is 1020. The number of aryl methyl sites for hydroxylation is 1. The molecule has 0 amide bonds. The lowest BCUT2D eigenvalue weighted by molar-refractivity contribution is 0.502. The highest BCUT2D eigenvalue weighted by Gasteiger charge is 2.19. The average molecular weight is 358 g/mol. The Morgan fingerprint density at radius 3 is 2.67 bits per heavy atom. The van der Waals surface area contributed by atoms with Gasteiger partial charge in [-0.2, -0.15) is 5.10 Å². The average Bonchev–Trinajstić information content (AvgIpc) is 3.29. The van der Waals surface area contributed by atoms with Gasteiger partial charge in [0.05, 0.1) is 0 Å². The van der Waals surface area contributed by atoms with Gasteiger partial charge in [0.15, 0.2) is 5.82 Å². The molecule has 0 bridgehead atoms. The molecule has 5 nitrogen and oxygen atoms in total. The van der Waals surface area contributed by atoms with E-state index in [9.17, 15) is 0 Å². The van der Waals surface area contributed by atoms with E-state index in [2.05, 4.69) is 84.5 Å². The van der Waals surface area contributed by atoms with Crippen LogP contribution in [0.3, 0.4) is 0 Å². The molecule has 27 heavy (non-hydrogen) atoms. The van der Waals surface area contributed by atoms with Crippen LogP contribution in [-0.4, -0.2) is 20.2 Å². The number of benzene rings is 1. The summed E-state index contributed by atoms with van der Waals surface area (Å²) in [5.74, 6) is 2.38. The lowest BCUT2D eigenvalue weighted by Gasteiger charge is -2.02. The highest BCUT2D eigenvalue weighted by atomic mass is 16.4. The summed E-state index contributed by atoms with van der Waals surface area (Å²) in [6.45, 7) is 6.39. The molecule has 1 unspecified atom stereocenters. The van der Waals surface area contributed by atoms with Crippen molar-refractivity contribution in [2.24, 2.45) is 5.92 Å². The summed E-state index contributed by atoms with van der Waals surface area (Å²) < 4.78 is 6.19. The Morgan fingerprint density at radius 1 is 1.11 bits per heavy atom. The maximum Gasteiger partial charge on any atom is 0.226 e. The summed E-state index contributed by atoms with van der Waals surface area (Å²) in [6.07, 6.45) is 10.6. The number of nitrogens with one attached hydrogen (secondary N) is 1. The van der Waals surface area contributed by atoms with Crippen molar-refractivity contribution in [3.63, 3.8) is 0 Å². The predicted molar refractivity (Wildman–Crippen MR) is 106 cm³/mol. The third kappa shape index (κ3) is 3.67. The van der Waals surface area contributed by atoms with Crippen LogP contribution >= 0.6 is 0 Å². The van der Waals surface area contributed by atoms with Crippen molar-refractivity contribution in [1.82, 2.24) is 20.2 Å². The number of aromatic nitrogens is 4. The number of aromatic amines is 1. The number of H-pyrrole nitrogens is 1. The first-order chi connectivity index (χ1) is 13.1. The number of rotatable bonds is 4. The zero-order valence-electron chi connectivity index (χ0n) is 15.7. The van der Waals surface area contributed by atoms with E-state index in [1.807, 2.05) is 0 Å². The minimum Gasteiger partial charge on any atom is -0.440 e. The van der Waals surface area contributed by atoms with Crippen LogP contribution < -0.4 is 0 Å². The molecule has 0 radical (unpaired) electrons. The Balaban J connectivity index is 1.74. The van der Waals surface area contributed by atoms with Crippen molar-refractivity contribution in [3.05, 3.63) is 83.2 Å². The molecule has 3 aromatic rings. The van der Waals surface area contributed by atoms with Gasteiger partial charge in [-0.3, -0.25) is 5.10 Å². The Kier molecular flexibility index (Phi) is 4.59. The fourth-order valence-corrected chi connectivity index (χ4v) is 2.96. The van der Waals surface area contributed by atoms with Gasteiger partial charge in [-0.1, -0.05) is 60.6 Å². The fraction of sp³-hybridized carbons (Fsp3) is 0.227. The van der Waals surface area contributed by atoms with Gasteiger partial charge in [-0.25, -0.2) is 9.97 Å². The summed E-state index contributed by atoms with van der Waals surface area (Å²) in [4.78, 5) is 9.00. The van der Waals surface area contributed by atoms with E-state index in [0.717, 1.165) is 11.3 Å². The number of hydrogen-bond acceptors (Lipinski definition) is 4. The minimum absolute atomic E-state index is 0.398. The number of hydrogen-bond donors (Lipinski definition) is 1. The van der Waals surface area contributed by atoms with Crippen molar-refractivity contribution < 1.29 is 4.42 Å². The van der Waals surface area contributed by atoms with Crippen LogP contribution in [0.2, 0.25) is 0 Å². The Hall–Kier alpha value is -3.21. The molecule has 2 aromatic heterocycles. The van der Waals surface area contributed by atoms with E-state index >= 15 is 0 Å². The molecule has 1 atom stereocenters. The highest BCUT2D eigenvalue weighted by Crippen LogP contribution is 2.29. The van der Waals surface area contributed by atoms with Crippen LogP contribution in [0.5, 0.6) is 0 Å². The molecule has 4 rings (SSSR count). The first-order valence-electron chi connectivity index (χ1n) is 9.08. The monoisotopic (exact) mass is 358 g/mol. The smallest absolute Gasteiger partial charge is 0.226 e. The summed E-state index contributed by atoms with van der Waals surface area (Å²) in [6, 6.07) is 8.43. The summed E-state index contributed by atoms with van der Waals surface area (Å²) >= 11 is 0. The maximum atomic E-state index is 6.19. The molecular formula is C22H22N4O. The second kappa shape index (κ2) is 7.19. The summed E-state index contributed by atoms with van der Waals surface area (Å²) in [5.41, 5.74) is 5.37. The van der Waals surface area contributed by atoms with E-state index in [1.54, 1.807) is 0 Å². The molecule has 2 heterocycles. The number of allylic oxidation sites excluding steroid dienone is 6. The molecule has 0 spiro atoms. The van der Waals surface area contributed by atoms with E-state index < -0.39 is 0 Å². The van der Waals surface area contributed by atoms with E-state index in [-0.39, 0.29) is 0 Å². The zero-order valence-corrected chi connectivity index (χ0v) is 15.7. The van der Waals surface area contributed by atoms with E-state index in [0.29, 0.717) is 29.7 Å². The third-order valence-corrected chi connectivity index (χ3v) is 4.88. The first-order valence-corrected chi connectivity index (χ1v) is 9.08. The van der Waals surface area contributed by atoms with Crippen LogP contribution in [0.1, 0.15) is 36.6 Å². The van der Waals surface area contributed by atoms with Gasteiger partial charge in [0.25, 0.3) is 0 Å². The molecule has 0 saturated heterocycles. The molecule has 5 heteroatoms. The quantitative estimate of drug-likeness (QED) is 0.721. The van der Waals surface area contributed by atoms with Crippen LogP contribution in [0.4, 0.5) is 0 Å². The third-order valence-electron chi connectivity index (χ3n) is 4.88. The molecule has 1 aliphatic rings. The Labute approximate surface area is 158 Å². The van der Waals surface area contributed by atoms with Gasteiger partial charge in [-0.15, -0.1) is 0 Å². The van der Waals surface area contributed by atoms with Gasteiger partial charge in [0.1, 0.15) is 17.8 Å². The Morgan fingerprint density at radius 2 is 1.93 bits per heavy atom. The number of oxazole rings is 1. The molecule has 136 valence electrons. The standard InChI is InChI=1S/C22H22N4O/c1-14-4-8-17(9-5-14)12-19-20(21-23-13-24-26-21)25-22(27-19)18-10-6-15(2)16(3)7-11-18/h4-11,13,15H,12H2,1-3H3,(H,23,24,26). The lowest BCUT2D eigenvalue weighted by Crippen LogP contribution is -1.91. The van der Waals surface area contributed by atoms with Gasteiger partial charge in [-0.05, 0) is 31.4 Å². The second-order valence-corrected chi connectivity index (χ2v) is 6.97. The van der Waals surface area contributed by atoms with Crippen LogP contribution in [-0.2, 0) is 6.42 Å². The predicted octanol–water partition coefficient (Wildman–Crippen LogP) is 4.89. The second-order valence-electron chi connectivity index (χ2n) is 6.97. The molecular weight excluding hydrogens is 336 g/mol. The molecule has 1 aliphatic carbocycles. The first kappa shape index (κ1) is 17.2. The zero-order chi connectivity index (χ0) is 18.8. The van der Waals surface area contributed by atoms with E-state index in [1.165, 1.54) is 23.0 Å². The van der Waals surface area contributed by atoms with Crippen LogP contribution in [0.25, 0.3) is 17.1 Å². The summed E-state index contributed by atoms with van der Waals surface area (Å²) in [7, 11) is 0. The largest absolute Gasteiger partial charge is 0.440 e. The number of nitrogens with zero attached hydrogens (tertiary/aromatic N) is 3. The van der Waals surface area contributed by atoms with Gasteiger partial charge >= 0.3 is 0 Å². The van der Waals surface area contributed by atoms with Crippen molar-refractivity contribution in [2.75, 3.05) is 0 Å². The molecule has 1 N–H and O–H groups in total. The van der Waals surface area contributed by atoms with Crippen molar-refractivity contribution in [3.8, 4) is 11.5 Å². The van der Waals surface area contributed by atoms with Crippen molar-refractivity contribution in [1.29, 1.82) is 0 Å². The molecule has 1 aromatic carbocycles. The van der Waals surface area contributed by atoms with Gasteiger partial charge in [0, 0.05) is 12.0 Å². The van der Waals surface area contributed by atoms with Crippen LogP contribution in [0, 0.1) is 12.8 Å². The molecule has 0 fully saturated rings. The van der Waals surface area contributed by atoms with Crippen molar-refractivity contribution >= 4 is 5.57 Å². The van der Waals surface area contributed by atoms with Crippen LogP contribution in [0.15, 0.2) is 64.9 Å². The van der Waals surface area contributed by atoms with E-state index in [4.69, 9.17) is 9.40 Å². The summed E-state index contributed by atoms with van der Waals surface area (Å²) in [5, 5.41) is 6.86. The maximum absolute atomic E-state index is 6.19. The lowest BCUT2D eigenvalue weighted by atomic mass is 10.0. The van der Waals surface area contributed by atoms with Gasteiger partial charge in [0.2, 0.25) is 5.89 Å². The normalized spacial score (nSPS) is 16.8. The minimum atomic E-state index is 0.398. The van der Waals surface area contributed by atoms with Gasteiger partial charge < -0.3 is 4.42 Å². The molecule has 0 saturated carbocycles. The highest BCUT2D eigenvalue weighted by molar-refractivity contribution is 5.72. The molecule has 0 aliphatic heterocycles.